The Bertz CT molecular complexity index is 450. The molecular formula is C14H27NaO7S. The SMILES string of the molecule is CCCCCC(CCCC)OC(=O)C(CC(=O)O)S(=O)(=O)O.[NaH]. The molecule has 2 atom stereocenters. The van der Waals surface area contributed by atoms with Crippen LogP contribution in [0.15, 0.2) is 0 Å². The van der Waals surface area contributed by atoms with Crippen molar-refractivity contribution >= 4 is 51.6 Å². The molecule has 0 aliphatic carbocycles. The van der Waals surface area contributed by atoms with Crippen LogP contribution in [0.1, 0.15) is 65.2 Å². The van der Waals surface area contributed by atoms with Crippen molar-refractivity contribution in [3.05, 3.63) is 0 Å². The van der Waals surface area contributed by atoms with E-state index >= 15 is 0 Å². The first-order chi connectivity index (χ1) is 10.2. The summed E-state index contributed by atoms with van der Waals surface area (Å²) < 4.78 is 36.5. The predicted octanol–water partition coefficient (Wildman–Crippen LogP) is 1.75. The Morgan fingerprint density at radius 2 is 1.57 bits per heavy atom. The van der Waals surface area contributed by atoms with Gasteiger partial charge in [0.25, 0.3) is 10.1 Å². The first-order valence-electron chi connectivity index (χ1n) is 7.60. The van der Waals surface area contributed by atoms with Crippen LogP contribution >= 0.6 is 0 Å². The predicted molar refractivity (Wildman–Crippen MR) is 88.3 cm³/mol. The fraction of sp³-hybridized carbons (Fsp3) is 0.857. The van der Waals surface area contributed by atoms with E-state index in [-0.39, 0.29) is 29.6 Å². The van der Waals surface area contributed by atoms with Crippen molar-refractivity contribution in [2.45, 2.75) is 76.6 Å². The van der Waals surface area contributed by atoms with E-state index in [9.17, 15) is 18.0 Å². The average molecular weight is 362 g/mol. The van der Waals surface area contributed by atoms with Crippen molar-refractivity contribution < 1.29 is 32.4 Å². The van der Waals surface area contributed by atoms with E-state index in [2.05, 4.69) is 0 Å². The third-order valence-electron chi connectivity index (χ3n) is 3.27. The van der Waals surface area contributed by atoms with Crippen LogP contribution in [0.4, 0.5) is 0 Å². The van der Waals surface area contributed by atoms with E-state index in [1.807, 2.05) is 13.8 Å². The van der Waals surface area contributed by atoms with Crippen molar-refractivity contribution in [2.24, 2.45) is 0 Å². The molecule has 0 aromatic rings. The van der Waals surface area contributed by atoms with Crippen LogP contribution in [0.5, 0.6) is 0 Å². The number of rotatable bonds is 12. The number of carboxylic acids is 1. The van der Waals surface area contributed by atoms with Gasteiger partial charge in [-0.25, -0.2) is 0 Å². The maximum absolute atomic E-state index is 11.9. The standard InChI is InChI=1S/C14H26O7S.Na.H/c1-3-5-7-9-11(8-6-4-2)21-14(17)12(10-13(15)16)22(18,19)20;;/h11-12H,3-10H2,1-2H3,(H,15,16)(H,18,19,20);;. The molecule has 2 unspecified atom stereocenters. The Labute approximate surface area is 160 Å². The molecule has 0 amide bonds. The van der Waals surface area contributed by atoms with E-state index < -0.39 is 39.8 Å². The molecule has 7 nitrogen and oxygen atoms in total. The number of hydrogen-bond donors (Lipinski definition) is 2. The van der Waals surface area contributed by atoms with Gasteiger partial charge in [-0.1, -0.05) is 39.5 Å². The Hall–Kier alpha value is -0.150. The molecule has 0 rings (SSSR count). The van der Waals surface area contributed by atoms with Crippen LogP contribution in [-0.4, -0.2) is 70.9 Å². The van der Waals surface area contributed by atoms with E-state index in [1.54, 1.807) is 0 Å². The molecule has 2 N–H and O–H groups in total. The molecule has 0 radical (unpaired) electrons. The summed E-state index contributed by atoms with van der Waals surface area (Å²) >= 11 is 0. The number of carbonyl (C=O) groups excluding carboxylic acids is 1. The maximum atomic E-state index is 11.9. The summed E-state index contributed by atoms with van der Waals surface area (Å²) in [5, 5.41) is 6.59. The van der Waals surface area contributed by atoms with Gasteiger partial charge in [0.15, 0.2) is 5.25 Å². The van der Waals surface area contributed by atoms with Crippen LogP contribution in [-0.2, 0) is 24.4 Å². The molecule has 0 fully saturated rings. The Kier molecular flexibility index (Phi) is 14.4. The molecule has 0 aliphatic heterocycles. The van der Waals surface area contributed by atoms with Crippen LogP contribution in [0.2, 0.25) is 0 Å². The van der Waals surface area contributed by atoms with E-state index in [4.69, 9.17) is 14.4 Å². The number of hydrogen-bond acceptors (Lipinski definition) is 5. The van der Waals surface area contributed by atoms with Gasteiger partial charge in [-0.2, -0.15) is 8.42 Å². The average Bonchev–Trinajstić information content (AvgIpc) is 2.40. The second-order valence-electron chi connectivity index (χ2n) is 5.30. The van der Waals surface area contributed by atoms with Crippen molar-refractivity contribution in [1.29, 1.82) is 0 Å². The summed E-state index contributed by atoms with van der Waals surface area (Å²) in [6.07, 6.45) is 4.27. The topological polar surface area (TPSA) is 118 Å². The van der Waals surface area contributed by atoms with Gasteiger partial charge < -0.3 is 9.84 Å². The molecule has 0 aromatic heterocycles. The molecule has 132 valence electrons. The minimum absolute atomic E-state index is 0. The third kappa shape index (κ3) is 11.9. The fourth-order valence-corrected chi connectivity index (χ4v) is 2.68. The van der Waals surface area contributed by atoms with Crippen molar-refractivity contribution in [3.63, 3.8) is 0 Å². The number of carbonyl (C=O) groups is 2. The van der Waals surface area contributed by atoms with Gasteiger partial charge in [0.1, 0.15) is 6.10 Å². The number of aliphatic carboxylic acids is 1. The molecule has 0 saturated carbocycles. The van der Waals surface area contributed by atoms with Crippen LogP contribution < -0.4 is 0 Å². The first-order valence-corrected chi connectivity index (χ1v) is 9.11. The number of unbranched alkanes of at least 4 members (excludes halogenated alkanes) is 3. The summed E-state index contributed by atoms with van der Waals surface area (Å²) in [4.78, 5) is 22.6. The van der Waals surface area contributed by atoms with Crippen molar-refractivity contribution in [3.8, 4) is 0 Å². The summed E-state index contributed by atoms with van der Waals surface area (Å²) in [6.45, 7) is 4.02. The first kappa shape index (κ1) is 25.1. The fourth-order valence-electron chi connectivity index (χ4n) is 2.02. The third-order valence-corrected chi connectivity index (χ3v) is 4.35. The zero-order chi connectivity index (χ0) is 17.2. The van der Waals surface area contributed by atoms with Gasteiger partial charge in [-0.05, 0) is 19.3 Å². The van der Waals surface area contributed by atoms with Crippen molar-refractivity contribution in [2.75, 3.05) is 0 Å². The molecule has 0 bridgehead atoms. The molecule has 0 saturated heterocycles. The van der Waals surface area contributed by atoms with Crippen molar-refractivity contribution in [1.82, 2.24) is 0 Å². The Balaban J connectivity index is 0. The van der Waals surface area contributed by atoms with Gasteiger partial charge in [0.05, 0.1) is 6.42 Å². The van der Waals surface area contributed by atoms with Crippen LogP contribution in [0, 0.1) is 0 Å². The molecule has 23 heavy (non-hydrogen) atoms. The molecular weight excluding hydrogens is 335 g/mol. The number of ether oxygens (including phenoxy) is 1. The van der Waals surface area contributed by atoms with Crippen LogP contribution in [0.25, 0.3) is 0 Å². The molecule has 0 aromatic carbocycles. The monoisotopic (exact) mass is 362 g/mol. The molecule has 0 spiro atoms. The summed E-state index contributed by atoms with van der Waals surface area (Å²) in [5.41, 5.74) is 0. The normalized spacial score (nSPS) is 13.7. The van der Waals surface area contributed by atoms with Gasteiger partial charge in [-0.3, -0.25) is 14.1 Å². The Morgan fingerprint density at radius 1 is 1.04 bits per heavy atom. The number of esters is 1. The van der Waals surface area contributed by atoms with E-state index in [0.29, 0.717) is 12.8 Å². The molecule has 0 heterocycles. The zero-order valence-electron chi connectivity index (χ0n) is 13.2. The summed E-state index contributed by atoms with van der Waals surface area (Å²) in [7, 11) is -4.81. The quantitative estimate of drug-likeness (QED) is 0.235. The van der Waals surface area contributed by atoms with Crippen LogP contribution in [0.3, 0.4) is 0 Å². The van der Waals surface area contributed by atoms with Gasteiger partial charge >= 0.3 is 41.5 Å². The minimum atomic E-state index is -4.81. The van der Waals surface area contributed by atoms with Gasteiger partial charge in [0.2, 0.25) is 0 Å². The second-order valence-corrected chi connectivity index (χ2v) is 6.90. The summed E-state index contributed by atoms with van der Waals surface area (Å²) in [6, 6.07) is 0. The Morgan fingerprint density at radius 3 is 2.00 bits per heavy atom. The molecule has 0 aliphatic rings. The second kappa shape index (κ2) is 13.2. The summed E-state index contributed by atoms with van der Waals surface area (Å²) in [5.74, 6) is -2.68. The molecule has 9 heteroatoms. The number of carboxylic acid groups (broad SMARTS) is 1. The van der Waals surface area contributed by atoms with Gasteiger partial charge in [-0.15, -0.1) is 0 Å². The van der Waals surface area contributed by atoms with E-state index in [1.165, 1.54) is 0 Å². The van der Waals surface area contributed by atoms with E-state index in [0.717, 1.165) is 32.1 Å². The van der Waals surface area contributed by atoms with Gasteiger partial charge in [0, 0.05) is 0 Å². The zero-order valence-corrected chi connectivity index (χ0v) is 14.0.